The summed E-state index contributed by atoms with van der Waals surface area (Å²) in [6.07, 6.45) is 0. The van der Waals surface area contributed by atoms with Gasteiger partial charge in [0.25, 0.3) is 0 Å². The summed E-state index contributed by atoms with van der Waals surface area (Å²) in [5.41, 5.74) is 2.60. The lowest BCUT2D eigenvalue weighted by Gasteiger charge is -2.30. The maximum Gasteiger partial charge on any atom is 0.308 e. The standard InChI is InChI=1S/C33H46O5/c1-19(34)37-28-23(15-21(30(3,4)5)17-25(28)32(9,10)11)27(36)24-16-22(31(6,7)8)18-26(33(12,13)14)29(24)38-20(2)35/h15-18H,1-14H3. The molecule has 38 heavy (non-hydrogen) atoms. The van der Waals surface area contributed by atoms with Gasteiger partial charge in [0.15, 0.2) is 0 Å². The van der Waals surface area contributed by atoms with E-state index in [1.54, 1.807) is 0 Å². The van der Waals surface area contributed by atoms with Crippen LogP contribution in [0.15, 0.2) is 24.3 Å². The molecule has 0 spiro atoms. The van der Waals surface area contributed by atoms with Gasteiger partial charge in [-0.1, -0.05) is 95.2 Å². The van der Waals surface area contributed by atoms with Gasteiger partial charge in [-0.2, -0.15) is 0 Å². The molecular formula is C33H46O5. The average Bonchev–Trinajstić information content (AvgIpc) is 2.69. The number of hydrogen-bond donors (Lipinski definition) is 0. The molecule has 0 bridgehead atoms. The summed E-state index contributed by atoms with van der Waals surface area (Å²) in [7, 11) is 0. The van der Waals surface area contributed by atoms with Crippen molar-refractivity contribution < 1.29 is 23.9 Å². The Morgan fingerprint density at radius 2 is 0.789 bits per heavy atom. The second-order valence-electron chi connectivity index (χ2n) is 14.3. The van der Waals surface area contributed by atoms with Gasteiger partial charge in [0, 0.05) is 25.0 Å². The van der Waals surface area contributed by atoms with Gasteiger partial charge in [-0.3, -0.25) is 14.4 Å². The third kappa shape index (κ3) is 7.12. The first-order chi connectivity index (χ1) is 16.9. The lowest BCUT2D eigenvalue weighted by atomic mass is 9.76. The predicted octanol–water partition coefficient (Wildman–Crippen LogP) is 7.96. The lowest BCUT2D eigenvalue weighted by Crippen LogP contribution is -2.24. The molecule has 5 nitrogen and oxygen atoms in total. The Morgan fingerprint density at radius 3 is 1.00 bits per heavy atom. The third-order valence-electron chi connectivity index (χ3n) is 6.51. The van der Waals surface area contributed by atoms with E-state index in [-0.39, 0.29) is 39.2 Å². The Balaban J connectivity index is 3.13. The highest BCUT2D eigenvalue weighted by atomic mass is 16.5. The maximum absolute atomic E-state index is 14.6. The van der Waals surface area contributed by atoms with Crippen LogP contribution < -0.4 is 9.47 Å². The fourth-order valence-corrected chi connectivity index (χ4v) is 4.23. The molecule has 0 radical (unpaired) electrons. The summed E-state index contributed by atoms with van der Waals surface area (Å²) in [5.74, 6) is -0.879. The molecule has 0 unspecified atom stereocenters. The molecule has 0 aliphatic rings. The van der Waals surface area contributed by atoms with E-state index >= 15 is 0 Å². The molecule has 0 fully saturated rings. The van der Waals surface area contributed by atoms with Gasteiger partial charge in [-0.15, -0.1) is 0 Å². The van der Waals surface area contributed by atoms with Crippen molar-refractivity contribution in [3.8, 4) is 11.5 Å². The highest BCUT2D eigenvalue weighted by molar-refractivity contribution is 6.13. The number of ether oxygens (including phenoxy) is 2. The fraction of sp³-hybridized carbons (Fsp3) is 0.545. The van der Waals surface area contributed by atoms with Crippen molar-refractivity contribution in [2.75, 3.05) is 0 Å². The number of carbonyl (C=O) groups excluding carboxylic acids is 3. The van der Waals surface area contributed by atoms with Gasteiger partial charge >= 0.3 is 11.9 Å². The van der Waals surface area contributed by atoms with E-state index in [1.165, 1.54) is 13.8 Å². The molecule has 0 heterocycles. The van der Waals surface area contributed by atoms with E-state index in [0.717, 1.165) is 22.3 Å². The number of esters is 2. The number of benzene rings is 2. The lowest BCUT2D eigenvalue weighted by molar-refractivity contribution is -0.132. The Bertz CT molecular complexity index is 1160. The maximum atomic E-state index is 14.6. The van der Waals surface area contributed by atoms with Crippen LogP contribution >= 0.6 is 0 Å². The molecule has 0 aliphatic heterocycles. The molecule has 2 rings (SSSR count). The van der Waals surface area contributed by atoms with E-state index in [9.17, 15) is 14.4 Å². The third-order valence-corrected chi connectivity index (χ3v) is 6.51. The van der Waals surface area contributed by atoms with Gasteiger partial charge in [0.1, 0.15) is 11.5 Å². The largest absolute Gasteiger partial charge is 0.426 e. The SMILES string of the molecule is CC(=O)Oc1c(C(=O)c2cc(C(C)(C)C)cc(C(C)(C)C)c2OC(C)=O)cc(C(C)(C)C)cc1C(C)(C)C. The summed E-state index contributed by atoms with van der Waals surface area (Å²) < 4.78 is 11.5. The first-order valence-corrected chi connectivity index (χ1v) is 13.2. The highest BCUT2D eigenvalue weighted by Crippen LogP contribution is 2.43. The van der Waals surface area contributed by atoms with Crippen molar-refractivity contribution in [2.24, 2.45) is 0 Å². The Hall–Kier alpha value is -2.95. The van der Waals surface area contributed by atoms with Crippen LogP contribution in [0.3, 0.4) is 0 Å². The molecular weight excluding hydrogens is 476 g/mol. The number of hydrogen-bond acceptors (Lipinski definition) is 5. The molecule has 0 aromatic heterocycles. The molecule has 2 aromatic carbocycles. The van der Waals surface area contributed by atoms with Crippen LogP contribution in [-0.4, -0.2) is 17.7 Å². The van der Waals surface area contributed by atoms with Gasteiger partial charge < -0.3 is 9.47 Å². The van der Waals surface area contributed by atoms with Crippen molar-refractivity contribution in [1.82, 2.24) is 0 Å². The van der Waals surface area contributed by atoms with Crippen molar-refractivity contribution in [1.29, 1.82) is 0 Å². The van der Waals surface area contributed by atoms with Crippen molar-refractivity contribution in [3.05, 3.63) is 57.6 Å². The van der Waals surface area contributed by atoms with Crippen molar-refractivity contribution in [2.45, 2.75) is 119 Å². The minimum Gasteiger partial charge on any atom is -0.426 e. The molecule has 2 aromatic rings. The second-order valence-corrected chi connectivity index (χ2v) is 14.3. The van der Waals surface area contributed by atoms with Crippen LogP contribution in [0, 0.1) is 0 Å². The predicted molar refractivity (Wildman–Crippen MR) is 154 cm³/mol. The van der Waals surface area contributed by atoms with E-state index < -0.39 is 22.8 Å². The average molecular weight is 523 g/mol. The van der Waals surface area contributed by atoms with E-state index in [0.29, 0.717) is 0 Å². The molecule has 0 N–H and O–H groups in total. The molecule has 0 saturated heterocycles. The number of ketones is 1. The zero-order valence-electron chi connectivity index (χ0n) is 25.9. The van der Waals surface area contributed by atoms with E-state index in [1.807, 2.05) is 65.8 Å². The monoisotopic (exact) mass is 522 g/mol. The summed E-state index contributed by atoms with van der Waals surface area (Å²) in [4.78, 5) is 39.1. The van der Waals surface area contributed by atoms with Crippen LogP contribution in [0.5, 0.6) is 11.5 Å². The van der Waals surface area contributed by atoms with Gasteiger partial charge in [-0.25, -0.2) is 0 Å². The summed E-state index contributed by atoms with van der Waals surface area (Å²) >= 11 is 0. The molecule has 0 saturated carbocycles. The normalized spacial score (nSPS) is 12.8. The first-order valence-electron chi connectivity index (χ1n) is 13.2. The van der Waals surface area contributed by atoms with Gasteiger partial charge in [0.05, 0.1) is 11.1 Å². The molecule has 0 aliphatic carbocycles. The van der Waals surface area contributed by atoms with Gasteiger partial charge in [0.2, 0.25) is 5.78 Å². The molecule has 208 valence electrons. The minimum absolute atomic E-state index is 0.246. The zero-order chi connectivity index (χ0) is 29.6. The fourth-order valence-electron chi connectivity index (χ4n) is 4.23. The first kappa shape index (κ1) is 31.3. The Labute approximate surface area is 229 Å². The molecule has 5 heteroatoms. The van der Waals surface area contributed by atoms with Crippen LogP contribution in [0.2, 0.25) is 0 Å². The van der Waals surface area contributed by atoms with Gasteiger partial charge in [-0.05, 0) is 44.9 Å². The van der Waals surface area contributed by atoms with Crippen molar-refractivity contribution in [3.63, 3.8) is 0 Å². The summed E-state index contributed by atoms with van der Waals surface area (Å²) in [6.45, 7) is 27.3. The van der Waals surface area contributed by atoms with E-state index in [4.69, 9.17) is 9.47 Å². The summed E-state index contributed by atoms with van der Waals surface area (Å²) in [5, 5.41) is 0. The van der Waals surface area contributed by atoms with Crippen LogP contribution in [0.4, 0.5) is 0 Å². The number of rotatable bonds is 4. The Kier molecular flexibility index (Phi) is 8.49. The number of carbonyl (C=O) groups is 3. The van der Waals surface area contributed by atoms with Crippen molar-refractivity contribution >= 4 is 17.7 Å². The van der Waals surface area contributed by atoms with E-state index in [2.05, 4.69) is 41.5 Å². The Morgan fingerprint density at radius 1 is 0.500 bits per heavy atom. The van der Waals surface area contributed by atoms with Crippen LogP contribution in [-0.2, 0) is 31.2 Å². The molecule has 0 amide bonds. The molecule has 0 atom stereocenters. The topological polar surface area (TPSA) is 69.7 Å². The quantitative estimate of drug-likeness (QED) is 0.231. The van der Waals surface area contributed by atoms with Crippen LogP contribution in [0.25, 0.3) is 0 Å². The minimum atomic E-state index is -0.507. The van der Waals surface area contributed by atoms with Crippen LogP contribution in [0.1, 0.15) is 135 Å². The summed E-state index contributed by atoms with van der Waals surface area (Å²) in [6, 6.07) is 7.67. The smallest absolute Gasteiger partial charge is 0.308 e. The zero-order valence-corrected chi connectivity index (χ0v) is 25.9. The highest BCUT2D eigenvalue weighted by Gasteiger charge is 2.34. The second kappa shape index (κ2) is 10.3.